The summed E-state index contributed by atoms with van der Waals surface area (Å²) in [6.07, 6.45) is 1.67. The molecular weight excluding hydrogens is 378 g/mol. The monoisotopic (exact) mass is 395 g/mol. The van der Waals surface area contributed by atoms with Gasteiger partial charge in [-0.3, -0.25) is 14.6 Å². The van der Waals surface area contributed by atoms with Gasteiger partial charge in [0, 0.05) is 23.0 Å². The SMILES string of the molecule is COc1ccc(NC(=O)c2ccc(C(=O)NCc3ccccn3)cc2)cc1Cl. The first-order valence-electron chi connectivity index (χ1n) is 8.50. The van der Waals surface area contributed by atoms with Gasteiger partial charge in [-0.1, -0.05) is 17.7 Å². The third-order valence-corrected chi connectivity index (χ3v) is 4.27. The van der Waals surface area contributed by atoms with E-state index in [4.69, 9.17) is 16.3 Å². The minimum absolute atomic E-state index is 0.237. The van der Waals surface area contributed by atoms with Crippen LogP contribution in [0.2, 0.25) is 5.02 Å². The standard InChI is InChI=1S/C21H18ClN3O3/c1-28-19-10-9-16(12-18(19)22)25-21(27)15-7-5-14(6-8-15)20(26)24-13-17-4-2-3-11-23-17/h2-12H,13H2,1H3,(H,24,26)(H,25,27). The molecule has 0 aliphatic rings. The Kier molecular flexibility index (Phi) is 6.24. The molecule has 0 aliphatic carbocycles. The molecule has 3 aromatic rings. The fraction of sp³-hybridized carbons (Fsp3) is 0.0952. The normalized spacial score (nSPS) is 10.2. The summed E-state index contributed by atoms with van der Waals surface area (Å²) < 4.78 is 5.09. The van der Waals surface area contributed by atoms with Gasteiger partial charge < -0.3 is 15.4 Å². The van der Waals surface area contributed by atoms with Gasteiger partial charge in [0.25, 0.3) is 11.8 Å². The number of amides is 2. The number of carbonyl (C=O) groups is 2. The highest BCUT2D eigenvalue weighted by atomic mass is 35.5. The third-order valence-electron chi connectivity index (χ3n) is 3.98. The molecule has 6 nitrogen and oxygen atoms in total. The lowest BCUT2D eigenvalue weighted by atomic mass is 10.1. The topological polar surface area (TPSA) is 80.3 Å². The Balaban J connectivity index is 1.60. The van der Waals surface area contributed by atoms with Crippen LogP contribution in [0.4, 0.5) is 5.69 Å². The molecule has 0 aliphatic heterocycles. The first-order chi connectivity index (χ1) is 13.6. The number of halogens is 1. The van der Waals surface area contributed by atoms with Crippen molar-refractivity contribution in [1.82, 2.24) is 10.3 Å². The van der Waals surface area contributed by atoms with Crippen LogP contribution < -0.4 is 15.4 Å². The molecule has 3 rings (SSSR count). The Morgan fingerprint density at radius 1 is 1.00 bits per heavy atom. The molecule has 2 amide bonds. The Labute approximate surface area is 167 Å². The lowest BCUT2D eigenvalue weighted by Crippen LogP contribution is -2.23. The van der Waals surface area contributed by atoms with Crippen LogP contribution in [0.1, 0.15) is 26.4 Å². The highest BCUT2D eigenvalue weighted by Gasteiger charge is 2.10. The van der Waals surface area contributed by atoms with Gasteiger partial charge in [-0.25, -0.2) is 0 Å². The van der Waals surface area contributed by atoms with Crippen molar-refractivity contribution >= 4 is 29.1 Å². The number of aromatic nitrogens is 1. The molecule has 0 atom stereocenters. The Hall–Kier alpha value is -3.38. The number of hydrogen-bond acceptors (Lipinski definition) is 4. The minimum atomic E-state index is -0.304. The number of pyridine rings is 1. The average molecular weight is 396 g/mol. The third kappa shape index (κ3) is 4.86. The van der Waals surface area contributed by atoms with Crippen LogP contribution in [0.3, 0.4) is 0 Å². The second-order valence-corrected chi connectivity index (χ2v) is 6.29. The van der Waals surface area contributed by atoms with Crippen molar-refractivity contribution in [3.63, 3.8) is 0 Å². The van der Waals surface area contributed by atoms with Crippen LogP contribution in [0.5, 0.6) is 5.75 Å². The van der Waals surface area contributed by atoms with Crippen molar-refractivity contribution in [3.05, 3.63) is 88.7 Å². The first kappa shape index (κ1) is 19.4. The zero-order valence-electron chi connectivity index (χ0n) is 15.1. The lowest BCUT2D eigenvalue weighted by molar-refractivity contribution is 0.0948. The first-order valence-corrected chi connectivity index (χ1v) is 8.87. The van der Waals surface area contributed by atoms with Crippen molar-refractivity contribution < 1.29 is 14.3 Å². The predicted molar refractivity (Wildman–Crippen MR) is 108 cm³/mol. The fourth-order valence-electron chi connectivity index (χ4n) is 2.50. The summed E-state index contributed by atoms with van der Waals surface area (Å²) in [5.41, 5.74) is 2.20. The number of anilines is 1. The molecule has 0 fully saturated rings. The van der Waals surface area contributed by atoms with E-state index in [2.05, 4.69) is 15.6 Å². The van der Waals surface area contributed by atoms with Crippen molar-refractivity contribution in [2.24, 2.45) is 0 Å². The second kappa shape index (κ2) is 9.01. The second-order valence-electron chi connectivity index (χ2n) is 5.88. The van der Waals surface area contributed by atoms with E-state index in [1.165, 1.54) is 7.11 Å². The summed E-state index contributed by atoms with van der Waals surface area (Å²) in [6, 6.07) is 16.9. The summed E-state index contributed by atoms with van der Waals surface area (Å²) in [5, 5.41) is 5.95. The molecule has 142 valence electrons. The molecule has 28 heavy (non-hydrogen) atoms. The smallest absolute Gasteiger partial charge is 0.255 e. The van der Waals surface area contributed by atoms with E-state index < -0.39 is 0 Å². The molecule has 7 heteroatoms. The van der Waals surface area contributed by atoms with Crippen molar-refractivity contribution in [1.29, 1.82) is 0 Å². The number of methoxy groups -OCH3 is 1. The maximum Gasteiger partial charge on any atom is 0.255 e. The van der Waals surface area contributed by atoms with Crippen LogP contribution in [-0.2, 0) is 6.54 Å². The van der Waals surface area contributed by atoms with Crippen molar-refractivity contribution in [3.8, 4) is 5.75 Å². The van der Waals surface area contributed by atoms with Crippen molar-refractivity contribution in [2.45, 2.75) is 6.54 Å². The molecule has 1 heterocycles. The van der Waals surface area contributed by atoms with Gasteiger partial charge >= 0.3 is 0 Å². The maximum absolute atomic E-state index is 12.4. The summed E-state index contributed by atoms with van der Waals surface area (Å²) in [7, 11) is 1.52. The van der Waals surface area contributed by atoms with Gasteiger partial charge in [-0.2, -0.15) is 0 Å². The van der Waals surface area contributed by atoms with Gasteiger partial charge in [0.15, 0.2) is 0 Å². The zero-order chi connectivity index (χ0) is 19.9. The molecule has 0 spiro atoms. The van der Waals surface area contributed by atoms with Gasteiger partial charge in [0.05, 0.1) is 24.4 Å². The van der Waals surface area contributed by atoms with E-state index in [1.54, 1.807) is 48.7 Å². The van der Waals surface area contributed by atoms with Crippen LogP contribution in [0.25, 0.3) is 0 Å². The van der Waals surface area contributed by atoms with E-state index >= 15 is 0 Å². The number of nitrogens with zero attached hydrogens (tertiary/aromatic N) is 1. The van der Waals surface area contributed by atoms with E-state index in [0.29, 0.717) is 34.1 Å². The highest BCUT2D eigenvalue weighted by molar-refractivity contribution is 6.32. The number of nitrogens with one attached hydrogen (secondary N) is 2. The quantitative estimate of drug-likeness (QED) is 0.662. The Bertz CT molecular complexity index is 976. The summed E-state index contributed by atoms with van der Waals surface area (Å²) in [6.45, 7) is 0.333. The largest absolute Gasteiger partial charge is 0.495 e. The molecule has 2 aromatic carbocycles. The molecule has 0 saturated carbocycles. The summed E-state index contributed by atoms with van der Waals surface area (Å²) in [5.74, 6) is -0.0121. The lowest BCUT2D eigenvalue weighted by Gasteiger charge is -2.09. The number of hydrogen-bond donors (Lipinski definition) is 2. The molecule has 0 saturated heterocycles. The molecule has 0 bridgehead atoms. The number of ether oxygens (including phenoxy) is 1. The van der Waals surface area contributed by atoms with Crippen LogP contribution in [0.15, 0.2) is 66.9 Å². The zero-order valence-corrected chi connectivity index (χ0v) is 15.9. The number of rotatable bonds is 6. The molecular formula is C21H18ClN3O3. The van der Waals surface area contributed by atoms with Crippen LogP contribution in [0, 0.1) is 0 Å². The van der Waals surface area contributed by atoms with Gasteiger partial charge in [-0.05, 0) is 54.6 Å². The van der Waals surface area contributed by atoms with E-state index in [1.807, 2.05) is 18.2 Å². The predicted octanol–water partition coefficient (Wildman–Crippen LogP) is 3.93. The van der Waals surface area contributed by atoms with E-state index in [9.17, 15) is 9.59 Å². The highest BCUT2D eigenvalue weighted by Crippen LogP contribution is 2.27. The van der Waals surface area contributed by atoms with Gasteiger partial charge in [-0.15, -0.1) is 0 Å². The van der Waals surface area contributed by atoms with Crippen molar-refractivity contribution in [2.75, 3.05) is 12.4 Å². The van der Waals surface area contributed by atoms with Gasteiger partial charge in [0.1, 0.15) is 5.75 Å². The molecule has 2 N–H and O–H groups in total. The molecule has 0 unspecified atom stereocenters. The van der Waals surface area contributed by atoms with Crippen LogP contribution >= 0.6 is 11.6 Å². The average Bonchev–Trinajstić information content (AvgIpc) is 2.73. The molecule has 0 radical (unpaired) electrons. The Morgan fingerprint density at radius 3 is 2.32 bits per heavy atom. The summed E-state index contributed by atoms with van der Waals surface area (Å²) >= 11 is 6.06. The Morgan fingerprint density at radius 2 is 1.71 bits per heavy atom. The van der Waals surface area contributed by atoms with E-state index in [-0.39, 0.29) is 11.8 Å². The number of carbonyl (C=O) groups excluding carboxylic acids is 2. The summed E-state index contributed by atoms with van der Waals surface area (Å²) in [4.78, 5) is 28.8. The maximum atomic E-state index is 12.4. The van der Waals surface area contributed by atoms with E-state index in [0.717, 1.165) is 5.69 Å². The minimum Gasteiger partial charge on any atom is -0.495 e. The molecule has 1 aromatic heterocycles. The number of benzene rings is 2. The van der Waals surface area contributed by atoms with Gasteiger partial charge in [0.2, 0.25) is 0 Å². The van der Waals surface area contributed by atoms with Crippen LogP contribution in [-0.4, -0.2) is 23.9 Å². The fourth-order valence-corrected chi connectivity index (χ4v) is 2.75.